The number of carbonyl (C=O) groups excluding carboxylic acids is 1. The Kier molecular flexibility index (Phi) is 5.38. The van der Waals surface area contributed by atoms with Gasteiger partial charge in [0.1, 0.15) is 6.61 Å². The van der Waals surface area contributed by atoms with E-state index in [1.807, 2.05) is 32.2 Å². The predicted octanol–water partition coefficient (Wildman–Crippen LogP) is 1.59. The number of hydrogen-bond donors (Lipinski definition) is 1. The van der Waals surface area contributed by atoms with E-state index in [9.17, 15) is 4.79 Å². The van der Waals surface area contributed by atoms with Crippen LogP contribution in [0.3, 0.4) is 0 Å². The normalized spacial score (nSPS) is 15.2. The molecule has 0 atom stereocenters. The van der Waals surface area contributed by atoms with Crippen molar-refractivity contribution >= 4 is 5.91 Å². The number of aryl methyl sites for hydroxylation is 1. The van der Waals surface area contributed by atoms with Crippen LogP contribution in [-0.2, 0) is 4.74 Å². The fourth-order valence-electron chi connectivity index (χ4n) is 2.51. The molecule has 1 aliphatic heterocycles. The quantitative estimate of drug-likeness (QED) is 0.840. The van der Waals surface area contributed by atoms with Gasteiger partial charge < -0.3 is 14.7 Å². The summed E-state index contributed by atoms with van der Waals surface area (Å²) in [7, 11) is 1.84. The average Bonchev–Trinajstić information content (AvgIpc) is 2.53. The Hall–Kier alpha value is -1.83. The van der Waals surface area contributed by atoms with Gasteiger partial charge in [0.15, 0.2) is 0 Å². The fourth-order valence-corrected chi connectivity index (χ4v) is 2.51. The lowest BCUT2D eigenvalue weighted by atomic mass is 10.0. The standard InChI is InChI=1S/C17H21NO3/c1-13-5-6-14(4-3-9-19)16(12-13)17(20)18(2)15-7-10-21-11-8-15/h5-6,12,15,19H,7-11H2,1-2H3. The Morgan fingerprint density at radius 1 is 1.43 bits per heavy atom. The zero-order chi connectivity index (χ0) is 15.2. The molecule has 0 bridgehead atoms. The predicted molar refractivity (Wildman–Crippen MR) is 81.1 cm³/mol. The number of hydrogen-bond acceptors (Lipinski definition) is 3. The first-order valence-electron chi connectivity index (χ1n) is 7.18. The highest BCUT2D eigenvalue weighted by atomic mass is 16.5. The summed E-state index contributed by atoms with van der Waals surface area (Å²) in [6.45, 7) is 3.15. The van der Waals surface area contributed by atoms with E-state index < -0.39 is 0 Å². The molecule has 1 fully saturated rings. The zero-order valence-electron chi connectivity index (χ0n) is 12.6. The van der Waals surface area contributed by atoms with Crippen molar-refractivity contribution in [3.8, 4) is 11.8 Å². The van der Waals surface area contributed by atoms with Crippen LogP contribution in [0, 0.1) is 18.8 Å². The minimum absolute atomic E-state index is 0.0205. The van der Waals surface area contributed by atoms with E-state index in [0.717, 1.165) is 18.4 Å². The number of aliphatic hydroxyl groups excluding tert-OH is 1. The van der Waals surface area contributed by atoms with E-state index in [4.69, 9.17) is 9.84 Å². The molecule has 0 spiro atoms. The molecule has 1 aliphatic rings. The summed E-state index contributed by atoms with van der Waals surface area (Å²) in [5, 5.41) is 8.84. The molecule has 4 nitrogen and oxygen atoms in total. The molecule has 1 amide bonds. The molecule has 112 valence electrons. The highest BCUT2D eigenvalue weighted by Gasteiger charge is 2.24. The molecule has 2 rings (SSSR count). The largest absolute Gasteiger partial charge is 0.384 e. The first kappa shape index (κ1) is 15.6. The van der Waals surface area contributed by atoms with Crippen molar-refractivity contribution in [2.45, 2.75) is 25.8 Å². The lowest BCUT2D eigenvalue weighted by molar-refractivity contribution is 0.0362. The van der Waals surface area contributed by atoms with Crippen LogP contribution in [0.4, 0.5) is 0 Å². The SMILES string of the molecule is Cc1ccc(C#CCO)c(C(=O)N(C)C2CCOCC2)c1. The summed E-state index contributed by atoms with van der Waals surface area (Å²) in [5.74, 6) is 5.45. The Labute approximate surface area is 125 Å². The van der Waals surface area contributed by atoms with E-state index in [0.29, 0.717) is 24.3 Å². The van der Waals surface area contributed by atoms with Crippen molar-refractivity contribution in [1.82, 2.24) is 4.90 Å². The topological polar surface area (TPSA) is 49.8 Å². The lowest BCUT2D eigenvalue weighted by Crippen LogP contribution is -2.40. The van der Waals surface area contributed by atoms with Crippen LogP contribution in [0.1, 0.15) is 34.3 Å². The molecule has 1 aromatic carbocycles. The van der Waals surface area contributed by atoms with E-state index in [1.54, 1.807) is 4.90 Å². The van der Waals surface area contributed by atoms with Gasteiger partial charge in [-0.2, -0.15) is 0 Å². The van der Waals surface area contributed by atoms with Gasteiger partial charge in [-0.3, -0.25) is 4.79 Å². The van der Waals surface area contributed by atoms with Crippen LogP contribution in [0.25, 0.3) is 0 Å². The van der Waals surface area contributed by atoms with Crippen molar-refractivity contribution in [2.24, 2.45) is 0 Å². The summed E-state index contributed by atoms with van der Waals surface area (Å²) in [4.78, 5) is 14.5. The first-order valence-corrected chi connectivity index (χ1v) is 7.18. The minimum atomic E-state index is -0.211. The van der Waals surface area contributed by atoms with Gasteiger partial charge in [0.05, 0.1) is 5.56 Å². The highest BCUT2D eigenvalue weighted by molar-refractivity contribution is 5.97. The van der Waals surface area contributed by atoms with Gasteiger partial charge in [0.25, 0.3) is 5.91 Å². The zero-order valence-corrected chi connectivity index (χ0v) is 12.6. The summed E-state index contributed by atoms with van der Waals surface area (Å²) in [5.41, 5.74) is 2.29. The van der Waals surface area contributed by atoms with E-state index >= 15 is 0 Å². The third-order valence-corrected chi connectivity index (χ3v) is 3.77. The van der Waals surface area contributed by atoms with Crippen LogP contribution in [-0.4, -0.2) is 48.8 Å². The molecule has 1 saturated heterocycles. The summed E-state index contributed by atoms with van der Waals surface area (Å²) >= 11 is 0. The third-order valence-electron chi connectivity index (χ3n) is 3.77. The second-order valence-corrected chi connectivity index (χ2v) is 5.27. The van der Waals surface area contributed by atoms with Crippen LogP contribution in [0.15, 0.2) is 18.2 Å². The maximum Gasteiger partial charge on any atom is 0.255 e. The summed E-state index contributed by atoms with van der Waals surface area (Å²) < 4.78 is 5.34. The second-order valence-electron chi connectivity index (χ2n) is 5.27. The molecule has 0 aliphatic carbocycles. The number of aliphatic hydroxyl groups is 1. The van der Waals surface area contributed by atoms with Crippen LogP contribution >= 0.6 is 0 Å². The number of carbonyl (C=O) groups is 1. The smallest absolute Gasteiger partial charge is 0.255 e. The van der Waals surface area contributed by atoms with Crippen LogP contribution in [0.5, 0.6) is 0 Å². The van der Waals surface area contributed by atoms with E-state index in [1.165, 1.54) is 0 Å². The number of amides is 1. The van der Waals surface area contributed by atoms with Crippen LogP contribution in [0.2, 0.25) is 0 Å². The van der Waals surface area contributed by atoms with Crippen LogP contribution < -0.4 is 0 Å². The number of rotatable bonds is 2. The molecule has 21 heavy (non-hydrogen) atoms. The van der Waals surface area contributed by atoms with Gasteiger partial charge in [0.2, 0.25) is 0 Å². The first-order chi connectivity index (χ1) is 10.1. The van der Waals surface area contributed by atoms with Crippen molar-refractivity contribution in [3.63, 3.8) is 0 Å². The van der Waals surface area contributed by atoms with Gasteiger partial charge in [-0.25, -0.2) is 0 Å². The second kappa shape index (κ2) is 7.26. The van der Waals surface area contributed by atoms with Gasteiger partial charge in [0, 0.05) is 31.9 Å². The third kappa shape index (κ3) is 3.84. The molecule has 0 unspecified atom stereocenters. The number of ether oxygens (including phenoxy) is 1. The van der Waals surface area contributed by atoms with E-state index in [-0.39, 0.29) is 18.6 Å². The van der Waals surface area contributed by atoms with Gasteiger partial charge in [-0.05, 0) is 31.9 Å². The molecule has 1 aromatic rings. The molecule has 1 heterocycles. The van der Waals surface area contributed by atoms with Crippen molar-refractivity contribution in [1.29, 1.82) is 0 Å². The monoisotopic (exact) mass is 287 g/mol. The summed E-state index contributed by atoms with van der Waals surface area (Å²) in [6.07, 6.45) is 1.73. The Morgan fingerprint density at radius 2 is 2.14 bits per heavy atom. The van der Waals surface area contributed by atoms with Gasteiger partial charge >= 0.3 is 0 Å². The lowest BCUT2D eigenvalue weighted by Gasteiger charge is -2.31. The molecule has 0 saturated carbocycles. The average molecular weight is 287 g/mol. The van der Waals surface area contributed by atoms with Crippen molar-refractivity contribution in [3.05, 3.63) is 34.9 Å². The Morgan fingerprint density at radius 3 is 2.81 bits per heavy atom. The molecular formula is C17H21NO3. The minimum Gasteiger partial charge on any atom is -0.384 e. The molecule has 4 heteroatoms. The number of nitrogens with zero attached hydrogens (tertiary/aromatic N) is 1. The molecular weight excluding hydrogens is 266 g/mol. The van der Waals surface area contributed by atoms with E-state index in [2.05, 4.69) is 11.8 Å². The summed E-state index contributed by atoms with van der Waals surface area (Å²) in [6, 6.07) is 5.83. The molecule has 0 radical (unpaired) electrons. The maximum atomic E-state index is 12.7. The Balaban J connectivity index is 2.26. The fraction of sp³-hybridized carbons (Fsp3) is 0.471. The van der Waals surface area contributed by atoms with Gasteiger partial charge in [-0.15, -0.1) is 0 Å². The highest BCUT2D eigenvalue weighted by Crippen LogP contribution is 2.18. The van der Waals surface area contributed by atoms with Gasteiger partial charge in [-0.1, -0.05) is 23.5 Å². The van der Waals surface area contributed by atoms with Crippen molar-refractivity contribution < 1.29 is 14.6 Å². The molecule has 1 N–H and O–H groups in total. The van der Waals surface area contributed by atoms with Crippen molar-refractivity contribution in [2.75, 3.05) is 26.9 Å². The Bertz CT molecular complexity index is 565. The number of benzene rings is 1. The maximum absolute atomic E-state index is 12.7. The molecule has 0 aromatic heterocycles.